The molecule has 188 valence electrons. The number of hydrogen-bond donors (Lipinski definition) is 1. The summed E-state index contributed by atoms with van der Waals surface area (Å²) in [6.07, 6.45) is 9.68. The third-order valence-electron chi connectivity index (χ3n) is 9.15. The van der Waals surface area contributed by atoms with Gasteiger partial charge in [0.05, 0.1) is 16.9 Å². The van der Waals surface area contributed by atoms with Gasteiger partial charge in [0.2, 0.25) is 11.8 Å². The minimum Gasteiger partial charge on any atom is -0.461 e. The molecule has 2 aliphatic heterocycles. The van der Waals surface area contributed by atoms with Gasteiger partial charge in [0.15, 0.2) is 0 Å². The van der Waals surface area contributed by atoms with Gasteiger partial charge in [-0.3, -0.25) is 9.59 Å². The predicted molar refractivity (Wildman–Crippen MR) is 132 cm³/mol. The number of hydrogen-bond acceptors (Lipinski definition) is 6. The van der Waals surface area contributed by atoms with Crippen LogP contribution in [0.25, 0.3) is 0 Å². The lowest BCUT2D eigenvalue weighted by Crippen LogP contribution is -2.73. The van der Waals surface area contributed by atoms with Crippen molar-refractivity contribution in [3.63, 3.8) is 0 Å². The second kappa shape index (κ2) is 8.86. The van der Waals surface area contributed by atoms with Crippen LogP contribution in [-0.2, 0) is 14.3 Å². The fraction of sp³-hybridized carbons (Fsp3) is 0.607. The molecule has 2 bridgehead atoms. The quantitative estimate of drug-likeness (QED) is 0.393. The molecule has 3 fully saturated rings. The minimum absolute atomic E-state index is 0.112. The SMILES string of the molecule is CCN1C[C@]23CCC=CC[C@]2(O)[C@@](COC(=O)c2ccccc2N2C(=O)C[C@H](C)C2=O)(CCC3)C1. The first-order chi connectivity index (χ1) is 16.8. The van der Waals surface area contributed by atoms with Gasteiger partial charge >= 0.3 is 5.97 Å². The normalized spacial score (nSPS) is 35.1. The molecule has 2 heterocycles. The molecule has 2 amide bonds. The van der Waals surface area contributed by atoms with Crippen molar-refractivity contribution in [3.05, 3.63) is 42.0 Å². The standard InChI is InChI=1S/C28H36N2O5/c1-3-29-17-26-12-7-4-8-15-28(26,34)27(18-29,14-9-13-26)19-35-25(33)21-10-5-6-11-22(21)30-23(31)16-20(2)24(30)32/h4-6,8,10-11,20,34H,3,7,9,12-19H2,1-2H3/t20-,26+,27-,28+/m0/s1. The first-order valence-electron chi connectivity index (χ1n) is 13.0. The van der Waals surface area contributed by atoms with Crippen LogP contribution < -0.4 is 4.90 Å². The zero-order chi connectivity index (χ0) is 24.8. The number of allylic oxidation sites excluding steroid dienone is 1. The van der Waals surface area contributed by atoms with E-state index < -0.39 is 22.9 Å². The van der Waals surface area contributed by atoms with Crippen molar-refractivity contribution in [1.82, 2.24) is 4.90 Å². The summed E-state index contributed by atoms with van der Waals surface area (Å²) in [5.41, 5.74) is -1.22. The largest absolute Gasteiger partial charge is 0.461 e. The highest BCUT2D eigenvalue weighted by Gasteiger charge is 2.67. The van der Waals surface area contributed by atoms with Crippen LogP contribution in [0.4, 0.5) is 5.69 Å². The number of esters is 1. The number of benzene rings is 1. The van der Waals surface area contributed by atoms with Crippen LogP contribution in [0.15, 0.2) is 36.4 Å². The average molecular weight is 481 g/mol. The molecule has 0 radical (unpaired) electrons. The van der Waals surface area contributed by atoms with E-state index in [2.05, 4.69) is 24.0 Å². The molecule has 1 saturated carbocycles. The molecule has 4 aliphatic rings. The molecule has 7 nitrogen and oxygen atoms in total. The number of ether oxygens (including phenoxy) is 1. The summed E-state index contributed by atoms with van der Waals surface area (Å²) in [5, 5.41) is 12.3. The Bertz CT molecular complexity index is 1070. The summed E-state index contributed by atoms with van der Waals surface area (Å²) in [5.74, 6) is -1.56. The Morgan fingerprint density at radius 3 is 2.69 bits per heavy atom. The van der Waals surface area contributed by atoms with Crippen molar-refractivity contribution in [2.45, 2.75) is 64.4 Å². The van der Waals surface area contributed by atoms with Gasteiger partial charge in [0.1, 0.15) is 6.61 Å². The summed E-state index contributed by atoms with van der Waals surface area (Å²) in [6.45, 7) is 6.43. The number of imide groups is 1. The second-order valence-corrected chi connectivity index (χ2v) is 11.1. The number of carbonyl (C=O) groups excluding carboxylic acids is 3. The van der Waals surface area contributed by atoms with E-state index in [0.717, 1.165) is 50.1 Å². The number of para-hydroxylation sites is 1. The molecule has 1 aromatic carbocycles. The minimum atomic E-state index is -0.937. The van der Waals surface area contributed by atoms with E-state index in [1.807, 2.05) is 0 Å². The number of carbonyl (C=O) groups is 3. The molecule has 0 aromatic heterocycles. The van der Waals surface area contributed by atoms with Gasteiger partial charge in [-0.1, -0.05) is 44.6 Å². The highest BCUT2D eigenvalue weighted by Crippen LogP contribution is 2.62. The lowest BCUT2D eigenvalue weighted by molar-refractivity contribution is -0.254. The van der Waals surface area contributed by atoms with Crippen molar-refractivity contribution in [2.24, 2.45) is 16.7 Å². The van der Waals surface area contributed by atoms with Crippen molar-refractivity contribution in [1.29, 1.82) is 0 Å². The van der Waals surface area contributed by atoms with E-state index in [9.17, 15) is 19.5 Å². The fourth-order valence-corrected chi connectivity index (χ4v) is 7.27. The molecular weight excluding hydrogens is 444 g/mol. The third-order valence-corrected chi connectivity index (χ3v) is 9.15. The van der Waals surface area contributed by atoms with Crippen molar-refractivity contribution in [2.75, 3.05) is 31.1 Å². The molecule has 0 unspecified atom stereocenters. The smallest absolute Gasteiger partial charge is 0.340 e. The number of nitrogens with zero attached hydrogens (tertiary/aromatic N) is 2. The summed E-state index contributed by atoms with van der Waals surface area (Å²) in [4.78, 5) is 42.1. The van der Waals surface area contributed by atoms with Crippen LogP contribution >= 0.6 is 0 Å². The highest BCUT2D eigenvalue weighted by atomic mass is 16.5. The zero-order valence-electron chi connectivity index (χ0n) is 20.8. The third kappa shape index (κ3) is 3.66. The maximum absolute atomic E-state index is 13.4. The molecule has 4 atom stereocenters. The number of rotatable bonds is 5. The number of amides is 2. The predicted octanol–water partition coefficient (Wildman–Crippen LogP) is 3.71. The number of likely N-dealkylation sites (tertiary alicyclic amines) is 1. The Morgan fingerprint density at radius 1 is 1.14 bits per heavy atom. The first kappa shape index (κ1) is 24.2. The van der Waals surface area contributed by atoms with Crippen LogP contribution in [0.3, 0.4) is 0 Å². The molecule has 0 spiro atoms. The van der Waals surface area contributed by atoms with E-state index in [0.29, 0.717) is 13.0 Å². The Hall–Kier alpha value is -2.51. The fourth-order valence-electron chi connectivity index (χ4n) is 7.27. The van der Waals surface area contributed by atoms with Gasteiger partial charge < -0.3 is 14.7 Å². The number of anilines is 1. The molecule has 7 heteroatoms. The first-order valence-corrected chi connectivity index (χ1v) is 13.0. The summed E-state index contributed by atoms with van der Waals surface area (Å²) in [6, 6.07) is 6.65. The van der Waals surface area contributed by atoms with Gasteiger partial charge in [0, 0.05) is 36.3 Å². The van der Waals surface area contributed by atoms with Crippen LogP contribution in [-0.4, -0.2) is 59.6 Å². The van der Waals surface area contributed by atoms with Gasteiger partial charge in [0.25, 0.3) is 0 Å². The zero-order valence-corrected chi connectivity index (χ0v) is 20.8. The van der Waals surface area contributed by atoms with E-state index in [4.69, 9.17) is 4.74 Å². The highest BCUT2D eigenvalue weighted by molar-refractivity contribution is 6.22. The Kier molecular flexibility index (Phi) is 6.12. The molecule has 1 aromatic rings. The lowest BCUT2D eigenvalue weighted by Gasteiger charge is -2.66. The van der Waals surface area contributed by atoms with E-state index in [1.54, 1.807) is 31.2 Å². The van der Waals surface area contributed by atoms with Gasteiger partial charge in [-0.25, -0.2) is 9.69 Å². The maximum Gasteiger partial charge on any atom is 0.340 e. The Balaban J connectivity index is 1.44. The van der Waals surface area contributed by atoms with Gasteiger partial charge in [-0.2, -0.15) is 0 Å². The van der Waals surface area contributed by atoms with E-state index >= 15 is 0 Å². The van der Waals surface area contributed by atoms with E-state index in [1.165, 1.54) is 0 Å². The van der Waals surface area contributed by atoms with Crippen molar-refractivity contribution < 1.29 is 24.2 Å². The monoisotopic (exact) mass is 480 g/mol. The molecular formula is C28H36N2O5. The number of piperidine rings is 1. The van der Waals surface area contributed by atoms with Crippen LogP contribution in [0.5, 0.6) is 0 Å². The molecule has 2 aliphatic carbocycles. The maximum atomic E-state index is 13.4. The van der Waals surface area contributed by atoms with Gasteiger partial charge in [-0.15, -0.1) is 0 Å². The summed E-state index contributed by atoms with van der Waals surface area (Å²) >= 11 is 0. The van der Waals surface area contributed by atoms with E-state index in [-0.39, 0.29) is 41.5 Å². The van der Waals surface area contributed by atoms with Crippen LogP contribution in [0, 0.1) is 16.7 Å². The lowest BCUT2D eigenvalue weighted by atomic mass is 9.47. The van der Waals surface area contributed by atoms with Crippen molar-refractivity contribution in [3.8, 4) is 0 Å². The molecule has 1 N–H and O–H groups in total. The second-order valence-electron chi connectivity index (χ2n) is 11.1. The molecule has 2 saturated heterocycles. The Morgan fingerprint density at radius 2 is 1.94 bits per heavy atom. The van der Waals surface area contributed by atoms with Crippen LogP contribution in [0.2, 0.25) is 0 Å². The molecule has 5 rings (SSSR count). The topological polar surface area (TPSA) is 87.2 Å². The average Bonchev–Trinajstić information content (AvgIpc) is 2.97. The Labute approximate surface area is 207 Å². The van der Waals surface area contributed by atoms with Gasteiger partial charge in [-0.05, 0) is 50.8 Å². The summed E-state index contributed by atoms with van der Waals surface area (Å²) in [7, 11) is 0. The summed E-state index contributed by atoms with van der Waals surface area (Å²) < 4.78 is 5.99. The van der Waals surface area contributed by atoms with Crippen LogP contribution in [0.1, 0.15) is 69.2 Å². The number of aliphatic hydroxyl groups is 1. The van der Waals surface area contributed by atoms with Crippen molar-refractivity contribution >= 4 is 23.5 Å². The molecule has 35 heavy (non-hydrogen) atoms.